The first-order chi connectivity index (χ1) is 13.3. The molecule has 3 rings (SSSR count). The molecular weight excluding hydrogens is 358 g/mol. The van der Waals surface area contributed by atoms with Crippen molar-refractivity contribution in [1.82, 2.24) is 10.6 Å². The number of aliphatic imine (C=N–C) groups is 1. The van der Waals surface area contributed by atoms with Crippen LogP contribution in [0, 0.1) is 0 Å². The molecule has 2 N–H and O–H groups in total. The van der Waals surface area contributed by atoms with Crippen molar-refractivity contribution in [3.8, 4) is 5.75 Å². The van der Waals surface area contributed by atoms with E-state index in [4.69, 9.17) is 14.1 Å². The van der Waals surface area contributed by atoms with Gasteiger partial charge < -0.3 is 19.8 Å². The summed E-state index contributed by atoms with van der Waals surface area (Å²) in [7, 11) is 1.70. The summed E-state index contributed by atoms with van der Waals surface area (Å²) in [6.45, 7) is 2.21. The number of nitrogens with one attached hydrogen (secondary N) is 2. The second kappa shape index (κ2) is 10.4. The van der Waals surface area contributed by atoms with Gasteiger partial charge in [0.2, 0.25) is 0 Å². The van der Waals surface area contributed by atoms with E-state index in [0.29, 0.717) is 6.54 Å². The van der Waals surface area contributed by atoms with E-state index in [0.717, 1.165) is 43.4 Å². The third kappa shape index (κ3) is 6.18. The van der Waals surface area contributed by atoms with Crippen LogP contribution in [-0.2, 0) is 19.4 Å². The number of ether oxygens (including phenoxy) is 1. The van der Waals surface area contributed by atoms with Gasteiger partial charge in [-0.2, -0.15) is 0 Å². The quantitative estimate of drug-likeness (QED) is 0.435. The standard InChI is InChI=1S/C21H25N3O2S/c1-25-20-9-3-2-6-17(20)10-12-22-21(24-16-19-8-5-15-27-19)23-13-11-18-7-4-14-26-18/h2-9,14-15H,10-13,16H2,1H3,(H2,22,23,24). The average molecular weight is 384 g/mol. The highest BCUT2D eigenvalue weighted by molar-refractivity contribution is 7.09. The highest BCUT2D eigenvalue weighted by Crippen LogP contribution is 2.17. The Morgan fingerprint density at radius 2 is 1.89 bits per heavy atom. The van der Waals surface area contributed by atoms with Crippen LogP contribution in [0.3, 0.4) is 0 Å². The molecule has 0 saturated carbocycles. The molecule has 6 heteroatoms. The fourth-order valence-electron chi connectivity index (χ4n) is 2.72. The van der Waals surface area contributed by atoms with Gasteiger partial charge in [-0.25, -0.2) is 4.99 Å². The van der Waals surface area contributed by atoms with Crippen LogP contribution in [0.25, 0.3) is 0 Å². The van der Waals surface area contributed by atoms with Crippen LogP contribution in [0.15, 0.2) is 69.6 Å². The third-order valence-corrected chi connectivity index (χ3v) is 4.96. The number of hydrogen-bond donors (Lipinski definition) is 2. The first-order valence-corrected chi connectivity index (χ1v) is 9.92. The predicted molar refractivity (Wildman–Crippen MR) is 111 cm³/mol. The molecule has 0 saturated heterocycles. The van der Waals surface area contributed by atoms with Crippen LogP contribution in [0.5, 0.6) is 5.75 Å². The lowest BCUT2D eigenvalue weighted by molar-refractivity contribution is 0.409. The van der Waals surface area contributed by atoms with E-state index in [2.05, 4.69) is 34.2 Å². The fourth-order valence-corrected chi connectivity index (χ4v) is 3.35. The van der Waals surface area contributed by atoms with Gasteiger partial charge in [-0.05, 0) is 41.6 Å². The molecule has 0 bridgehead atoms. The molecule has 0 amide bonds. The number of methoxy groups -OCH3 is 1. The number of nitrogens with zero attached hydrogens (tertiary/aromatic N) is 1. The number of guanidine groups is 1. The Kier molecular flexibility index (Phi) is 7.35. The van der Waals surface area contributed by atoms with E-state index in [-0.39, 0.29) is 0 Å². The van der Waals surface area contributed by atoms with E-state index in [9.17, 15) is 0 Å². The smallest absolute Gasteiger partial charge is 0.191 e. The lowest BCUT2D eigenvalue weighted by Crippen LogP contribution is -2.39. The van der Waals surface area contributed by atoms with Gasteiger partial charge in [0.15, 0.2) is 5.96 Å². The maximum Gasteiger partial charge on any atom is 0.191 e. The van der Waals surface area contributed by atoms with Gasteiger partial charge >= 0.3 is 0 Å². The first kappa shape index (κ1) is 19.0. The maximum absolute atomic E-state index is 5.42. The summed E-state index contributed by atoms with van der Waals surface area (Å²) in [5.74, 6) is 2.70. The molecular formula is C21H25N3O2S. The molecule has 0 atom stereocenters. The lowest BCUT2D eigenvalue weighted by Gasteiger charge is -2.13. The topological polar surface area (TPSA) is 58.8 Å². The molecule has 3 aromatic rings. The highest BCUT2D eigenvalue weighted by Gasteiger charge is 2.04. The molecule has 1 aromatic carbocycles. The molecule has 0 fully saturated rings. The Balaban J connectivity index is 1.54. The molecule has 0 aliphatic rings. The summed E-state index contributed by atoms with van der Waals surface area (Å²) in [6.07, 6.45) is 3.38. The molecule has 27 heavy (non-hydrogen) atoms. The number of rotatable bonds is 9. The number of benzene rings is 1. The fraction of sp³-hybridized carbons (Fsp3) is 0.286. The zero-order chi connectivity index (χ0) is 18.7. The zero-order valence-electron chi connectivity index (χ0n) is 15.5. The minimum absolute atomic E-state index is 0.669. The second-order valence-corrected chi connectivity index (χ2v) is 7.02. The third-order valence-electron chi connectivity index (χ3n) is 4.10. The van der Waals surface area contributed by atoms with Crippen molar-refractivity contribution >= 4 is 17.3 Å². The van der Waals surface area contributed by atoms with Crippen LogP contribution >= 0.6 is 11.3 Å². The zero-order valence-corrected chi connectivity index (χ0v) is 16.3. The van der Waals surface area contributed by atoms with Gasteiger partial charge in [0, 0.05) is 24.4 Å². The number of hydrogen-bond acceptors (Lipinski definition) is 4. The summed E-state index contributed by atoms with van der Waals surface area (Å²) >= 11 is 1.72. The molecule has 0 radical (unpaired) electrons. The molecule has 0 unspecified atom stereocenters. The van der Waals surface area contributed by atoms with Gasteiger partial charge in [0.05, 0.1) is 19.9 Å². The molecule has 0 aliphatic heterocycles. The molecule has 0 spiro atoms. The SMILES string of the molecule is COc1ccccc1CCNC(=NCc1cccs1)NCCc1ccco1. The Bertz CT molecular complexity index is 814. The van der Waals surface area contributed by atoms with E-state index in [1.54, 1.807) is 24.7 Å². The lowest BCUT2D eigenvalue weighted by atomic mass is 10.1. The van der Waals surface area contributed by atoms with Gasteiger partial charge in [0.25, 0.3) is 0 Å². The van der Waals surface area contributed by atoms with Crippen molar-refractivity contribution < 1.29 is 9.15 Å². The van der Waals surface area contributed by atoms with Crippen LogP contribution in [0.4, 0.5) is 0 Å². The molecule has 142 valence electrons. The molecule has 2 heterocycles. The van der Waals surface area contributed by atoms with Crippen LogP contribution in [-0.4, -0.2) is 26.2 Å². The van der Waals surface area contributed by atoms with Gasteiger partial charge in [-0.3, -0.25) is 0 Å². The summed E-state index contributed by atoms with van der Waals surface area (Å²) < 4.78 is 10.8. The Hall–Kier alpha value is -2.73. The monoisotopic (exact) mass is 383 g/mol. The second-order valence-electron chi connectivity index (χ2n) is 5.99. The predicted octanol–water partition coefficient (Wildman–Crippen LogP) is 3.87. The summed E-state index contributed by atoms with van der Waals surface area (Å²) in [5.41, 5.74) is 1.18. The Labute approximate surface area is 164 Å². The number of thiophene rings is 1. The normalized spacial score (nSPS) is 11.4. The van der Waals surface area contributed by atoms with Crippen molar-refractivity contribution in [2.75, 3.05) is 20.2 Å². The van der Waals surface area contributed by atoms with Gasteiger partial charge in [-0.15, -0.1) is 11.3 Å². The van der Waals surface area contributed by atoms with E-state index in [1.165, 1.54) is 10.4 Å². The summed E-state index contributed by atoms with van der Waals surface area (Å²) in [5, 5.41) is 8.88. The van der Waals surface area contributed by atoms with E-state index >= 15 is 0 Å². The van der Waals surface area contributed by atoms with Crippen LogP contribution < -0.4 is 15.4 Å². The molecule has 5 nitrogen and oxygen atoms in total. The van der Waals surface area contributed by atoms with Crippen LogP contribution in [0.1, 0.15) is 16.2 Å². The minimum atomic E-state index is 0.669. The Morgan fingerprint density at radius 3 is 2.63 bits per heavy atom. The maximum atomic E-state index is 5.42. The van der Waals surface area contributed by atoms with Gasteiger partial charge in [0.1, 0.15) is 11.5 Å². The summed E-state index contributed by atoms with van der Waals surface area (Å²) in [4.78, 5) is 5.94. The van der Waals surface area contributed by atoms with E-state index in [1.807, 2.05) is 30.3 Å². The number of para-hydroxylation sites is 1. The summed E-state index contributed by atoms with van der Waals surface area (Å²) in [6, 6.07) is 16.1. The Morgan fingerprint density at radius 1 is 1.04 bits per heavy atom. The first-order valence-electron chi connectivity index (χ1n) is 9.04. The van der Waals surface area contributed by atoms with Crippen molar-refractivity contribution in [1.29, 1.82) is 0 Å². The number of furan rings is 1. The average Bonchev–Trinajstić information content (AvgIpc) is 3.40. The van der Waals surface area contributed by atoms with Crippen molar-refractivity contribution in [2.45, 2.75) is 19.4 Å². The van der Waals surface area contributed by atoms with Crippen LogP contribution in [0.2, 0.25) is 0 Å². The minimum Gasteiger partial charge on any atom is -0.496 e. The van der Waals surface area contributed by atoms with Crippen molar-refractivity contribution in [3.05, 3.63) is 76.4 Å². The molecule has 2 aromatic heterocycles. The van der Waals surface area contributed by atoms with Crippen molar-refractivity contribution in [2.24, 2.45) is 4.99 Å². The largest absolute Gasteiger partial charge is 0.496 e. The highest BCUT2D eigenvalue weighted by atomic mass is 32.1. The molecule has 0 aliphatic carbocycles. The van der Waals surface area contributed by atoms with Crippen molar-refractivity contribution in [3.63, 3.8) is 0 Å². The van der Waals surface area contributed by atoms with Gasteiger partial charge in [-0.1, -0.05) is 24.3 Å². The van der Waals surface area contributed by atoms with E-state index < -0.39 is 0 Å².